The van der Waals surface area contributed by atoms with Crippen LogP contribution < -0.4 is 5.32 Å². The lowest BCUT2D eigenvalue weighted by atomic mass is 10.0. The highest BCUT2D eigenvalue weighted by Gasteiger charge is 2.39. The first-order chi connectivity index (χ1) is 9.62. The number of sulfonamides is 1. The Balaban J connectivity index is 2.19. The van der Waals surface area contributed by atoms with Crippen LogP contribution in [0.2, 0.25) is 0 Å². The SMILES string of the molecule is CC1OC(C(C)(C)NCCCCS(=O)(=O)N=CN(C)C)O1. The highest BCUT2D eigenvalue weighted by molar-refractivity contribution is 7.90. The Morgan fingerprint density at radius 3 is 2.43 bits per heavy atom. The van der Waals surface area contributed by atoms with Crippen molar-refractivity contribution in [3.05, 3.63) is 0 Å². The molecule has 1 fully saturated rings. The van der Waals surface area contributed by atoms with Crippen molar-refractivity contribution in [3.63, 3.8) is 0 Å². The molecule has 124 valence electrons. The van der Waals surface area contributed by atoms with E-state index >= 15 is 0 Å². The summed E-state index contributed by atoms with van der Waals surface area (Å²) in [4.78, 5) is 1.60. The van der Waals surface area contributed by atoms with Crippen molar-refractivity contribution < 1.29 is 17.9 Å². The van der Waals surface area contributed by atoms with Crippen LogP contribution in [0.5, 0.6) is 0 Å². The number of unbranched alkanes of at least 4 members (excludes halogenated alkanes) is 1. The maximum absolute atomic E-state index is 11.6. The van der Waals surface area contributed by atoms with Gasteiger partial charge in [-0.3, -0.25) is 0 Å². The molecule has 0 aromatic heterocycles. The number of hydrogen-bond donors (Lipinski definition) is 1. The number of nitrogens with zero attached hydrogens (tertiary/aromatic N) is 2. The van der Waals surface area contributed by atoms with Crippen LogP contribution in [0.15, 0.2) is 4.40 Å². The van der Waals surface area contributed by atoms with Crippen molar-refractivity contribution in [1.82, 2.24) is 10.2 Å². The monoisotopic (exact) mass is 321 g/mol. The smallest absolute Gasteiger partial charge is 0.254 e. The fraction of sp³-hybridized carbons (Fsp3) is 0.923. The van der Waals surface area contributed by atoms with Crippen molar-refractivity contribution in [2.75, 3.05) is 26.4 Å². The quantitative estimate of drug-likeness (QED) is 0.384. The average molecular weight is 321 g/mol. The molecule has 7 nitrogen and oxygen atoms in total. The van der Waals surface area contributed by atoms with Crippen LogP contribution in [0.4, 0.5) is 0 Å². The Labute approximate surface area is 127 Å². The normalized spacial score (nSPS) is 23.3. The summed E-state index contributed by atoms with van der Waals surface area (Å²) in [5.41, 5.74) is -0.283. The maximum atomic E-state index is 11.6. The molecule has 0 amide bonds. The zero-order valence-electron chi connectivity index (χ0n) is 13.5. The van der Waals surface area contributed by atoms with Gasteiger partial charge in [0, 0.05) is 14.1 Å². The lowest BCUT2D eigenvalue weighted by Gasteiger charge is -2.44. The molecule has 1 heterocycles. The topological polar surface area (TPSA) is 80.2 Å². The van der Waals surface area contributed by atoms with E-state index in [1.807, 2.05) is 20.8 Å². The van der Waals surface area contributed by atoms with Gasteiger partial charge in [0.15, 0.2) is 12.6 Å². The van der Waals surface area contributed by atoms with Crippen LogP contribution in [0, 0.1) is 0 Å². The van der Waals surface area contributed by atoms with Gasteiger partial charge in [0.1, 0.15) is 6.34 Å². The molecule has 0 aromatic rings. The van der Waals surface area contributed by atoms with Crippen molar-refractivity contribution in [1.29, 1.82) is 0 Å². The third-order valence-electron chi connectivity index (χ3n) is 3.07. The Morgan fingerprint density at radius 1 is 1.29 bits per heavy atom. The summed E-state index contributed by atoms with van der Waals surface area (Å²) >= 11 is 0. The molecule has 0 saturated carbocycles. The molecule has 0 unspecified atom stereocenters. The molecule has 8 heteroatoms. The molecule has 0 radical (unpaired) electrons. The van der Waals surface area contributed by atoms with Gasteiger partial charge in [-0.1, -0.05) is 0 Å². The Kier molecular flexibility index (Phi) is 6.58. The van der Waals surface area contributed by atoms with Crippen molar-refractivity contribution in [3.8, 4) is 0 Å². The second kappa shape index (κ2) is 7.53. The van der Waals surface area contributed by atoms with Gasteiger partial charge in [0.2, 0.25) is 0 Å². The summed E-state index contributed by atoms with van der Waals surface area (Å²) in [6, 6.07) is 0. The zero-order valence-corrected chi connectivity index (χ0v) is 14.3. The minimum Gasteiger partial charge on any atom is -0.368 e. The summed E-state index contributed by atoms with van der Waals surface area (Å²) in [6.45, 7) is 6.56. The molecule has 21 heavy (non-hydrogen) atoms. The van der Waals surface area contributed by atoms with E-state index in [0.717, 1.165) is 6.42 Å². The van der Waals surface area contributed by atoms with Gasteiger partial charge in [-0.2, -0.15) is 4.40 Å². The molecular formula is C13H27N3O4S. The van der Waals surface area contributed by atoms with Crippen LogP contribution in [-0.4, -0.2) is 64.2 Å². The highest BCUT2D eigenvalue weighted by Crippen LogP contribution is 2.25. The average Bonchev–Trinajstić information content (AvgIpc) is 2.32. The lowest BCUT2D eigenvalue weighted by molar-refractivity contribution is -0.395. The van der Waals surface area contributed by atoms with Crippen LogP contribution in [0.1, 0.15) is 33.6 Å². The summed E-state index contributed by atoms with van der Waals surface area (Å²) in [7, 11) is 0.106. The molecule has 1 saturated heterocycles. The highest BCUT2D eigenvalue weighted by atomic mass is 32.2. The van der Waals surface area contributed by atoms with E-state index in [-0.39, 0.29) is 23.9 Å². The van der Waals surface area contributed by atoms with Gasteiger partial charge in [-0.05, 0) is 40.2 Å². The lowest BCUT2D eigenvalue weighted by Crippen LogP contribution is -2.59. The molecule has 1 rings (SSSR count). The van der Waals surface area contributed by atoms with E-state index in [1.54, 1.807) is 19.0 Å². The van der Waals surface area contributed by atoms with E-state index in [2.05, 4.69) is 9.71 Å². The van der Waals surface area contributed by atoms with Crippen LogP contribution >= 0.6 is 0 Å². The second-order valence-corrected chi connectivity index (χ2v) is 7.78. The Hall–Kier alpha value is -0.700. The molecule has 0 bridgehead atoms. The second-order valence-electron chi connectivity index (χ2n) is 6.00. The van der Waals surface area contributed by atoms with Crippen molar-refractivity contribution in [2.24, 2.45) is 4.40 Å². The maximum Gasteiger partial charge on any atom is 0.254 e. The number of hydrogen-bond acceptors (Lipinski definition) is 5. The number of rotatable bonds is 9. The molecule has 1 N–H and O–H groups in total. The molecular weight excluding hydrogens is 294 g/mol. The first kappa shape index (κ1) is 18.3. The van der Waals surface area contributed by atoms with E-state index in [4.69, 9.17) is 9.47 Å². The summed E-state index contributed by atoms with van der Waals surface area (Å²) < 4.78 is 37.7. The van der Waals surface area contributed by atoms with Crippen LogP contribution in [0.3, 0.4) is 0 Å². The molecule has 0 aliphatic carbocycles. The van der Waals surface area contributed by atoms with Gasteiger partial charge < -0.3 is 19.7 Å². The van der Waals surface area contributed by atoms with Crippen molar-refractivity contribution >= 4 is 16.4 Å². The van der Waals surface area contributed by atoms with Crippen LogP contribution in [0.25, 0.3) is 0 Å². The van der Waals surface area contributed by atoms with Gasteiger partial charge >= 0.3 is 0 Å². The van der Waals surface area contributed by atoms with E-state index in [9.17, 15) is 8.42 Å². The number of ether oxygens (including phenoxy) is 2. The third-order valence-corrected chi connectivity index (χ3v) is 4.29. The fourth-order valence-corrected chi connectivity index (χ4v) is 2.83. The standard InChI is InChI=1S/C13H27N3O4S/c1-11-19-12(20-11)13(2,3)14-8-6-7-9-21(17,18)15-10-16(4)5/h10-12,14H,6-9H2,1-5H3. The predicted octanol–water partition coefficient (Wildman–Crippen LogP) is 0.773. The van der Waals surface area contributed by atoms with Gasteiger partial charge in [0.05, 0.1) is 11.3 Å². The minimum atomic E-state index is -3.36. The molecule has 1 aliphatic heterocycles. The van der Waals surface area contributed by atoms with E-state index in [0.29, 0.717) is 13.0 Å². The molecule has 1 aliphatic rings. The van der Waals surface area contributed by atoms with Gasteiger partial charge in [0.25, 0.3) is 10.0 Å². The predicted molar refractivity (Wildman–Crippen MR) is 82.7 cm³/mol. The van der Waals surface area contributed by atoms with Crippen LogP contribution in [-0.2, 0) is 19.5 Å². The van der Waals surface area contributed by atoms with E-state index < -0.39 is 10.0 Å². The summed E-state index contributed by atoms with van der Waals surface area (Å²) in [6.07, 6.45) is 2.24. The van der Waals surface area contributed by atoms with E-state index in [1.165, 1.54) is 6.34 Å². The third kappa shape index (κ3) is 6.73. The molecule has 0 aromatic carbocycles. The largest absolute Gasteiger partial charge is 0.368 e. The number of nitrogens with one attached hydrogen (secondary N) is 1. The van der Waals surface area contributed by atoms with Crippen molar-refractivity contribution in [2.45, 2.75) is 51.7 Å². The Bertz CT molecular complexity index is 442. The molecule has 0 spiro atoms. The minimum absolute atomic E-state index is 0.0624. The Morgan fingerprint density at radius 2 is 1.90 bits per heavy atom. The molecule has 0 atom stereocenters. The first-order valence-corrected chi connectivity index (χ1v) is 8.74. The first-order valence-electron chi connectivity index (χ1n) is 7.13. The fourth-order valence-electron chi connectivity index (χ4n) is 1.82. The van der Waals surface area contributed by atoms with Gasteiger partial charge in [-0.15, -0.1) is 0 Å². The summed E-state index contributed by atoms with van der Waals surface area (Å²) in [5, 5.41) is 3.33. The van der Waals surface area contributed by atoms with Gasteiger partial charge in [-0.25, -0.2) is 8.42 Å². The summed E-state index contributed by atoms with van der Waals surface area (Å²) in [5.74, 6) is 0.0624. The zero-order chi connectivity index (χ0) is 16.1.